The van der Waals surface area contributed by atoms with Gasteiger partial charge in [-0.3, -0.25) is 0 Å². The molecule has 0 aliphatic heterocycles. The van der Waals surface area contributed by atoms with Gasteiger partial charge in [-0.05, 0) is 31.1 Å². The Kier molecular flexibility index (Phi) is 2.62. The molecule has 60 valence electrons. The maximum atomic E-state index is 6.06. The summed E-state index contributed by atoms with van der Waals surface area (Å²) in [6.07, 6.45) is 6.57. The summed E-state index contributed by atoms with van der Waals surface area (Å²) in [7, 11) is 0. The summed E-state index contributed by atoms with van der Waals surface area (Å²) in [4.78, 5) is 0. The first-order chi connectivity index (χ1) is 4.66. The summed E-state index contributed by atoms with van der Waals surface area (Å²) in [5.41, 5.74) is 0.614. The minimum absolute atomic E-state index is 0.422. The van der Waals surface area contributed by atoms with Gasteiger partial charge in [0.2, 0.25) is 0 Å². The zero-order valence-electron chi connectivity index (χ0n) is 6.99. The standard InChI is InChI=1S/C9H17Cl/c1-3-8(10)7-9(2)5-4-6-9/h8H,3-7H2,1-2H3. The van der Waals surface area contributed by atoms with E-state index < -0.39 is 0 Å². The molecule has 0 nitrogen and oxygen atoms in total. The molecule has 1 saturated carbocycles. The van der Waals surface area contributed by atoms with E-state index in [4.69, 9.17) is 11.6 Å². The molecule has 0 amide bonds. The van der Waals surface area contributed by atoms with Gasteiger partial charge in [-0.1, -0.05) is 20.3 Å². The van der Waals surface area contributed by atoms with Crippen LogP contribution in [0.15, 0.2) is 0 Å². The van der Waals surface area contributed by atoms with E-state index in [9.17, 15) is 0 Å². The molecule has 1 aliphatic rings. The summed E-state index contributed by atoms with van der Waals surface area (Å²) in [6.45, 7) is 4.53. The third-order valence-corrected chi connectivity index (χ3v) is 3.18. The first-order valence-corrected chi connectivity index (χ1v) is 4.74. The molecule has 1 aliphatic carbocycles. The topological polar surface area (TPSA) is 0 Å². The minimum Gasteiger partial charge on any atom is -0.123 e. The van der Waals surface area contributed by atoms with Crippen LogP contribution in [0.1, 0.15) is 46.0 Å². The normalized spacial score (nSPS) is 25.5. The van der Waals surface area contributed by atoms with Gasteiger partial charge in [0.25, 0.3) is 0 Å². The molecule has 0 aromatic carbocycles. The van der Waals surface area contributed by atoms with E-state index in [1.165, 1.54) is 25.7 Å². The van der Waals surface area contributed by atoms with Crippen molar-refractivity contribution < 1.29 is 0 Å². The molecule has 10 heavy (non-hydrogen) atoms. The maximum absolute atomic E-state index is 6.06. The minimum atomic E-state index is 0.422. The zero-order chi connectivity index (χ0) is 7.61. The average molecular weight is 161 g/mol. The lowest BCUT2D eigenvalue weighted by Crippen LogP contribution is -2.28. The first-order valence-electron chi connectivity index (χ1n) is 4.30. The van der Waals surface area contributed by atoms with Crippen LogP contribution in [-0.2, 0) is 0 Å². The molecule has 0 aromatic rings. The average Bonchev–Trinajstić information content (AvgIpc) is 1.84. The summed E-state index contributed by atoms with van der Waals surface area (Å²) in [6, 6.07) is 0. The monoisotopic (exact) mass is 160 g/mol. The van der Waals surface area contributed by atoms with Crippen LogP contribution < -0.4 is 0 Å². The molecule has 1 rings (SSSR count). The zero-order valence-corrected chi connectivity index (χ0v) is 7.75. The van der Waals surface area contributed by atoms with E-state index in [1.54, 1.807) is 0 Å². The van der Waals surface area contributed by atoms with E-state index in [2.05, 4.69) is 13.8 Å². The lowest BCUT2D eigenvalue weighted by Gasteiger charge is -2.39. The van der Waals surface area contributed by atoms with Gasteiger partial charge in [0.15, 0.2) is 0 Å². The van der Waals surface area contributed by atoms with Crippen LogP contribution in [-0.4, -0.2) is 5.38 Å². The number of hydrogen-bond donors (Lipinski definition) is 0. The van der Waals surface area contributed by atoms with Crippen LogP contribution in [0, 0.1) is 5.41 Å². The van der Waals surface area contributed by atoms with Crippen LogP contribution in [0.4, 0.5) is 0 Å². The van der Waals surface area contributed by atoms with Crippen molar-refractivity contribution in [3.8, 4) is 0 Å². The Morgan fingerprint density at radius 2 is 2.10 bits per heavy atom. The second-order valence-corrected chi connectivity index (χ2v) is 4.49. The van der Waals surface area contributed by atoms with Crippen molar-refractivity contribution in [2.75, 3.05) is 0 Å². The van der Waals surface area contributed by atoms with E-state index in [1.807, 2.05) is 0 Å². The predicted octanol–water partition coefficient (Wildman–Crippen LogP) is 3.58. The van der Waals surface area contributed by atoms with E-state index in [0.717, 1.165) is 6.42 Å². The molecule has 0 saturated heterocycles. The Bertz CT molecular complexity index is 105. The van der Waals surface area contributed by atoms with Crippen molar-refractivity contribution in [3.63, 3.8) is 0 Å². The van der Waals surface area contributed by atoms with Gasteiger partial charge in [0.1, 0.15) is 0 Å². The molecule has 0 bridgehead atoms. The molecule has 1 heteroatoms. The van der Waals surface area contributed by atoms with Crippen molar-refractivity contribution in [3.05, 3.63) is 0 Å². The highest BCUT2D eigenvalue weighted by Gasteiger charge is 2.32. The van der Waals surface area contributed by atoms with E-state index in [-0.39, 0.29) is 0 Å². The third-order valence-electron chi connectivity index (χ3n) is 2.72. The lowest BCUT2D eigenvalue weighted by atomic mass is 9.67. The Balaban J connectivity index is 2.22. The first kappa shape index (κ1) is 8.39. The second kappa shape index (κ2) is 3.13. The lowest BCUT2D eigenvalue weighted by molar-refractivity contribution is 0.144. The maximum Gasteiger partial charge on any atom is 0.0338 e. The summed E-state index contributed by atoms with van der Waals surface area (Å²) >= 11 is 6.06. The molecule has 1 fully saturated rings. The summed E-state index contributed by atoms with van der Waals surface area (Å²) in [5, 5.41) is 0.422. The van der Waals surface area contributed by atoms with Crippen LogP contribution in [0.2, 0.25) is 0 Å². The second-order valence-electron chi connectivity index (χ2n) is 3.87. The molecule has 0 spiro atoms. The molecular weight excluding hydrogens is 144 g/mol. The predicted molar refractivity (Wildman–Crippen MR) is 46.5 cm³/mol. The van der Waals surface area contributed by atoms with Crippen LogP contribution >= 0.6 is 11.6 Å². The molecule has 0 heterocycles. The Morgan fingerprint density at radius 1 is 1.50 bits per heavy atom. The van der Waals surface area contributed by atoms with Gasteiger partial charge in [0.05, 0.1) is 0 Å². The molecule has 1 atom stereocenters. The molecular formula is C9H17Cl. The molecule has 1 unspecified atom stereocenters. The van der Waals surface area contributed by atoms with Gasteiger partial charge in [-0.2, -0.15) is 0 Å². The Morgan fingerprint density at radius 3 is 2.40 bits per heavy atom. The molecule has 0 aromatic heterocycles. The smallest absolute Gasteiger partial charge is 0.0338 e. The van der Waals surface area contributed by atoms with Gasteiger partial charge in [0, 0.05) is 5.38 Å². The highest BCUT2D eigenvalue weighted by Crippen LogP contribution is 2.45. The van der Waals surface area contributed by atoms with Crippen molar-refractivity contribution in [2.45, 2.75) is 51.3 Å². The van der Waals surface area contributed by atoms with Crippen LogP contribution in [0.3, 0.4) is 0 Å². The largest absolute Gasteiger partial charge is 0.123 e. The highest BCUT2D eigenvalue weighted by atomic mass is 35.5. The van der Waals surface area contributed by atoms with Gasteiger partial charge < -0.3 is 0 Å². The van der Waals surface area contributed by atoms with Gasteiger partial charge in [-0.25, -0.2) is 0 Å². The van der Waals surface area contributed by atoms with Crippen LogP contribution in [0.25, 0.3) is 0 Å². The number of hydrogen-bond acceptors (Lipinski definition) is 0. The Hall–Kier alpha value is 0.290. The van der Waals surface area contributed by atoms with Crippen molar-refractivity contribution in [1.29, 1.82) is 0 Å². The van der Waals surface area contributed by atoms with E-state index >= 15 is 0 Å². The quantitative estimate of drug-likeness (QED) is 0.554. The number of alkyl halides is 1. The van der Waals surface area contributed by atoms with Gasteiger partial charge in [-0.15, -0.1) is 11.6 Å². The highest BCUT2D eigenvalue weighted by molar-refractivity contribution is 6.20. The van der Waals surface area contributed by atoms with E-state index in [0.29, 0.717) is 10.8 Å². The fourth-order valence-corrected chi connectivity index (χ4v) is 2.04. The third kappa shape index (κ3) is 1.88. The molecule has 0 N–H and O–H groups in total. The summed E-state index contributed by atoms with van der Waals surface area (Å²) < 4.78 is 0. The fraction of sp³-hybridized carbons (Fsp3) is 1.00. The van der Waals surface area contributed by atoms with Crippen molar-refractivity contribution in [2.24, 2.45) is 5.41 Å². The number of rotatable bonds is 3. The Labute approximate surface area is 69.0 Å². The summed E-state index contributed by atoms with van der Waals surface area (Å²) in [5.74, 6) is 0. The number of halogens is 1. The van der Waals surface area contributed by atoms with Crippen LogP contribution in [0.5, 0.6) is 0 Å². The SMILES string of the molecule is CCC(Cl)CC1(C)CCC1. The molecule has 0 radical (unpaired) electrons. The fourth-order valence-electron chi connectivity index (χ4n) is 1.66. The van der Waals surface area contributed by atoms with Crippen molar-refractivity contribution >= 4 is 11.6 Å². The van der Waals surface area contributed by atoms with Gasteiger partial charge >= 0.3 is 0 Å². The van der Waals surface area contributed by atoms with Crippen molar-refractivity contribution in [1.82, 2.24) is 0 Å².